The first-order chi connectivity index (χ1) is 9.02. The van der Waals surface area contributed by atoms with Gasteiger partial charge < -0.3 is 19.7 Å². The highest BCUT2D eigenvalue weighted by atomic mass is 32.2. The first-order valence-electron chi connectivity index (χ1n) is 6.48. The van der Waals surface area contributed by atoms with Gasteiger partial charge in [0, 0.05) is 16.8 Å². The van der Waals surface area contributed by atoms with Crippen LogP contribution in [0.2, 0.25) is 0 Å². The molecule has 0 amide bonds. The van der Waals surface area contributed by atoms with E-state index < -0.39 is 23.9 Å². The predicted molar refractivity (Wildman–Crippen MR) is 66.1 cm³/mol. The van der Waals surface area contributed by atoms with Crippen molar-refractivity contribution < 1.29 is 24.5 Å². The van der Waals surface area contributed by atoms with Gasteiger partial charge in [-0.05, 0) is 25.3 Å². The van der Waals surface area contributed by atoms with Gasteiger partial charge in [-0.25, -0.2) is 0 Å². The maximum Gasteiger partial charge on any atom is 0.148 e. The summed E-state index contributed by atoms with van der Waals surface area (Å²) in [5, 5.41) is 20.8. The van der Waals surface area contributed by atoms with Gasteiger partial charge in [0.25, 0.3) is 0 Å². The maximum absolute atomic E-state index is 12.0. The first-order valence-corrected chi connectivity index (χ1v) is 7.35. The van der Waals surface area contributed by atoms with Crippen LogP contribution in [0.1, 0.15) is 19.8 Å². The van der Waals surface area contributed by atoms with Crippen molar-refractivity contribution in [1.29, 1.82) is 0 Å². The van der Waals surface area contributed by atoms with Crippen molar-refractivity contribution in [1.82, 2.24) is 0 Å². The highest BCUT2D eigenvalue weighted by molar-refractivity contribution is 8.04. The number of hydrogen-bond donors (Lipinski definition) is 1. The van der Waals surface area contributed by atoms with Crippen LogP contribution >= 0.6 is 11.8 Å². The van der Waals surface area contributed by atoms with E-state index in [0.29, 0.717) is 11.5 Å². The average molecular weight is 283 g/mol. The van der Waals surface area contributed by atoms with Gasteiger partial charge in [-0.15, -0.1) is 11.8 Å². The number of ketones is 1. The molecule has 0 aromatic carbocycles. The summed E-state index contributed by atoms with van der Waals surface area (Å²) in [5.41, 5.74) is 0.101. The van der Waals surface area contributed by atoms with Crippen molar-refractivity contribution in [3.63, 3.8) is 0 Å². The highest BCUT2D eigenvalue weighted by Gasteiger charge is 2.58. The highest BCUT2D eigenvalue weighted by Crippen LogP contribution is 2.56. The van der Waals surface area contributed by atoms with Crippen LogP contribution in [-0.4, -0.2) is 40.9 Å². The normalized spacial score (nSPS) is 39.2. The summed E-state index contributed by atoms with van der Waals surface area (Å²) in [6, 6.07) is 0. The molecule has 1 N–H and O–H groups in total. The molecule has 3 rings (SSSR count). The lowest BCUT2D eigenvalue weighted by molar-refractivity contribution is -0.300. The Morgan fingerprint density at radius 1 is 1.58 bits per heavy atom. The minimum atomic E-state index is -1.28. The van der Waals surface area contributed by atoms with Gasteiger partial charge in [0.1, 0.15) is 5.78 Å². The molecule has 1 saturated heterocycles. The average Bonchev–Trinajstić information content (AvgIpc) is 2.92. The second kappa shape index (κ2) is 4.61. The van der Waals surface area contributed by atoms with Crippen molar-refractivity contribution in [2.24, 2.45) is 11.8 Å². The number of carboxylic acid groups (broad SMARTS) is 1. The molecule has 0 spiro atoms. The van der Waals surface area contributed by atoms with E-state index in [1.807, 2.05) is 0 Å². The molecule has 5 nitrogen and oxygen atoms in total. The molecule has 1 saturated carbocycles. The van der Waals surface area contributed by atoms with Crippen LogP contribution in [0, 0.1) is 11.8 Å². The van der Waals surface area contributed by atoms with Crippen LogP contribution in [0.5, 0.6) is 0 Å². The monoisotopic (exact) mass is 283 g/mol. The van der Waals surface area contributed by atoms with E-state index in [2.05, 4.69) is 0 Å². The Balaban J connectivity index is 1.91. The third-order valence-electron chi connectivity index (χ3n) is 4.12. The van der Waals surface area contributed by atoms with Crippen molar-refractivity contribution in [2.45, 2.75) is 37.2 Å². The van der Waals surface area contributed by atoms with Crippen molar-refractivity contribution in [3.8, 4) is 0 Å². The van der Waals surface area contributed by atoms with Crippen LogP contribution in [0.3, 0.4) is 0 Å². The number of carbonyl (C=O) groups is 2. The third kappa shape index (κ3) is 1.85. The molecule has 0 radical (unpaired) electrons. The summed E-state index contributed by atoms with van der Waals surface area (Å²) in [4.78, 5) is 24.0. The smallest absolute Gasteiger partial charge is 0.148 e. The second-order valence-electron chi connectivity index (χ2n) is 5.30. The first kappa shape index (κ1) is 13.1. The van der Waals surface area contributed by atoms with Crippen molar-refractivity contribution >= 4 is 23.5 Å². The van der Waals surface area contributed by atoms with Gasteiger partial charge in [-0.2, -0.15) is 0 Å². The molecule has 1 aliphatic carbocycles. The molecular weight excluding hydrogens is 268 g/mol. The molecule has 1 unspecified atom stereocenters. The zero-order valence-corrected chi connectivity index (χ0v) is 11.3. The Labute approximate surface area is 115 Å². The fourth-order valence-electron chi connectivity index (χ4n) is 3.20. The summed E-state index contributed by atoms with van der Waals surface area (Å²) in [6.07, 6.45) is 0.726. The van der Waals surface area contributed by atoms with Crippen LogP contribution in [0.25, 0.3) is 0 Å². The van der Waals surface area contributed by atoms with Crippen molar-refractivity contribution in [3.05, 3.63) is 10.5 Å². The summed E-state index contributed by atoms with van der Waals surface area (Å²) in [6.45, 7) is 2.19. The van der Waals surface area contributed by atoms with E-state index in [1.165, 1.54) is 11.8 Å². The molecule has 19 heavy (non-hydrogen) atoms. The van der Waals surface area contributed by atoms with Gasteiger partial charge in [0.05, 0.1) is 30.0 Å². The summed E-state index contributed by atoms with van der Waals surface area (Å²) in [7, 11) is 0. The second-order valence-corrected chi connectivity index (χ2v) is 6.52. The Morgan fingerprint density at radius 2 is 2.32 bits per heavy atom. The van der Waals surface area contributed by atoms with E-state index >= 15 is 0 Å². The number of carbonyl (C=O) groups excluding carboxylic acids is 2. The van der Waals surface area contributed by atoms with Gasteiger partial charge in [0.2, 0.25) is 0 Å². The number of aliphatic hydroxyl groups is 1. The predicted octanol–water partition coefficient (Wildman–Crippen LogP) is -0.519. The summed E-state index contributed by atoms with van der Waals surface area (Å²) >= 11 is 1.39. The molecule has 2 aliphatic heterocycles. The fourth-order valence-corrected chi connectivity index (χ4v) is 5.09. The Hall–Kier alpha value is -0.850. The zero-order chi connectivity index (χ0) is 13.7. The lowest BCUT2D eigenvalue weighted by atomic mass is 9.67. The van der Waals surface area contributed by atoms with Crippen LogP contribution in [0.4, 0.5) is 0 Å². The molecule has 0 bridgehead atoms. The molecule has 0 aromatic rings. The molecule has 104 valence electrons. The number of fused-ring (bicyclic) bond motifs is 1. The van der Waals surface area contributed by atoms with Gasteiger partial charge in [0.15, 0.2) is 0 Å². The number of Topliss-reactive ketones (excluding diaryl/α,β-unsaturated/α-hetero) is 1. The van der Waals surface area contributed by atoms with Gasteiger partial charge in [-0.1, -0.05) is 0 Å². The van der Waals surface area contributed by atoms with E-state index in [-0.39, 0.29) is 22.7 Å². The van der Waals surface area contributed by atoms with Crippen LogP contribution in [0.15, 0.2) is 10.5 Å². The van der Waals surface area contributed by atoms with Crippen LogP contribution in [-0.2, 0) is 14.3 Å². The molecular formula is C13H15O5S-. The van der Waals surface area contributed by atoms with E-state index in [4.69, 9.17) is 4.74 Å². The quantitative estimate of drug-likeness (QED) is 0.750. The van der Waals surface area contributed by atoms with E-state index in [9.17, 15) is 19.8 Å². The van der Waals surface area contributed by atoms with E-state index in [0.717, 1.165) is 12.8 Å². The standard InChI is InChI=1S/C13H16O5S/c1-5(14)7-10(15)8-9(13(16)17)11(19-12(7)8)6-3-2-4-18-6/h5-8,12,14H,2-4H2,1H3,(H,16,17)/p-1/t5-,6-,7+,8?,12-/m1/s1. The van der Waals surface area contributed by atoms with Crippen LogP contribution < -0.4 is 5.11 Å². The topological polar surface area (TPSA) is 86.7 Å². The lowest BCUT2D eigenvalue weighted by Crippen LogP contribution is -2.55. The minimum Gasteiger partial charge on any atom is -0.545 e. The number of ether oxygens (including phenoxy) is 1. The molecule has 5 atom stereocenters. The SMILES string of the molecule is C[C@@H](O)[C@H]1C(=O)C2C(C(=O)[O-])=C([C@H]3CCCO3)S[C@@H]21. The Kier molecular flexibility index (Phi) is 3.19. The number of aliphatic hydroxyl groups excluding tert-OH is 1. The maximum atomic E-state index is 12.0. The Bertz CT molecular complexity index is 464. The number of thioether (sulfide) groups is 1. The fraction of sp³-hybridized carbons (Fsp3) is 0.692. The summed E-state index contributed by atoms with van der Waals surface area (Å²) < 4.78 is 5.53. The minimum absolute atomic E-state index is 0.101. The summed E-state index contributed by atoms with van der Waals surface area (Å²) in [5.74, 6) is -2.54. The molecule has 6 heteroatoms. The molecule has 2 fully saturated rings. The number of hydrogen-bond acceptors (Lipinski definition) is 6. The van der Waals surface area contributed by atoms with Gasteiger partial charge >= 0.3 is 0 Å². The number of rotatable bonds is 3. The zero-order valence-electron chi connectivity index (χ0n) is 10.5. The number of carboxylic acids is 1. The Morgan fingerprint density at radius 3 is 2.84 bits per heavy atom. The lowest BCUT2D eigenvalue weighted by Gasteiger charge is -2.40. The third-order valence-corrected chi connectivity index (χ3v) is 5.69. The molecule has 3 aliphatic rings. The largest absolute Gasteiger partial charge is 0.545 e. The number of aliphatic carboxylic acids is 1. The van der Waals surface area contributed by atoms with E-state index in [1.54, 1.807) is 6.92 Å². The van der Waals surface area contributed by atoms with Crippen molar-refractivity contribution in [2.75, 3.05) is 6.61 Å². The molecule has 2 heterocycles. The molecule has 0 aromatic heterocycles. The van der Waals surface area contributed by atoms with Gasteiger partial charge in [-0.3, -0.25) is 4.79 Å².